The lowest BCUT2D eigenvalue weighted by atomic mass is 9.97. The molecule has 1 aromatic rings. The molecular formula is C13H16BrNO4. The molecule has 0 fully saturated rings. The van der Waals surface area contributed by atoms with Crippen molar-refractivity contribution in [1.29, 1.82) is 0 Å². The van der Waals surface area contributed by atoms with Crippen LogP contribution in [0.3, 0.4) is 0 Å². The second-order valence-corrected chi connectivity index (χ2v) is 5.53. The summed E-state index contributed by atoms with van der Waals surface area (Å²) in [5.74, 6) is 0.138. The minimum Gasteiger partial charge on any atom is -0.493 e. The van der Waals surface area contributed by atoms with Gasteiger partial charge in [0.15, 0.2) is 0 Å². The van der Waals surface area contributed by atoms with E-state index in [9.17, 15) is 9.90 Å². The summed E-state index contributed by atoms with van der Waals surface area (Å²) in [6, 6.07) is 3.40. The fraction of sp³-hybridized carbons (Fsp3) is 0.462. The van der Waals surface area contributed by atoms with E-state index in [2.05, 4.69) is 21.4 Å². The van der Waals surface area contributed by atoms with E-state index >= 15 is 0 Å². The maximum absolute atomic E-state index is 12.1. The van der Waals surface area contributed by atoms with Crippen molar-refractivity contribution < 1.29 is 19.5 Å². The summed E-state index contributed by atoms with van der Waals surface area (Å²) in [4.78, 5) is 17.2. The first-order chi connectivity index (χ1) is 8.99. The Morgan fingerprint density at radius 3 is 3.00 bits per heavy atom. The van der Waals surface area contributed by atoms with Crippen molar-refractivity contribution in [2.24, 2.45) is 0 Å². The first-order valence-electron chi connectivity index (χ1n) is 6.09. The number of halogens is 1. The van der Waals surface area contributed by atoms with E-state index in [1.54, 1.807) is 12.1 Å². The number of carbonyl (C=O) groups is 1. The predicted molar refractivity (Wildman–Crippen MR) is 72.9 cm³/mol. The molecule has 1 heterocycles. The Bertz CT molecular complexity index is 490. The highest BCUT2D eigenvalue weighted by molar-refractivity contribution is 9.10. The van der Waals surface area contributed by atoms with Crippen LogP contribution < -0.4 is 10.2 Å². The van der Waals surface area contributed by atoms with Gasteiger partial charge in [-0.1, -0.05) is 15.9 Å². The highest BCUT2D eigenvalue weighted by atomic mass is 79.9. The van der Waals surface area contributed by atoms with Gasteiger partial charge in [-0.25, -0.2) is 5.48 Å². The number of ether oxygens (including phenoxy) is 1. The molecule has 0 aliphatic carbocycles. The Labute approximate surface area is 120 Å². The number of aliphatic hydroxyl groups excluding tert-OH is 1. The van der Waals surface area contributed by atoms with Crippen molar-refractivity contribution in [2.75, 3.05) is 6.61 Å². The molecule has 0 spiro atoms. The lowest BCUT2D eigenvalue weighted by molar-refractivity contribution is -0.000229. The van der Waals surface area contributed by atoms with Gasteiger partial charge in [0.25, 0.3) is 5.91 Å². The van der Waals surface area contributed by atoms with Gasteiger partial charge in [0.2, 0.25) is 0 Å². The maximum atomic E-state index is 12.1. The molecule has 0 aromatic heterocycles. The van der Waals surface area contributed by atoms with Crippen LogP contribution in [0, 0.1) is 0 Å². The normalized spacial score (nSPS) is 17.8. The van der Waals surface area contributed by atoms with Crippen molar-refractivity contribution in [3.8, 4) is 5.75 Å². The number of hydroxylamine groups is 1. The van der Waals surface area contributed by atoms with E-state index in [1.807, 2.05) is 13.8 Å². The SMILES string of the molecule is CC(C)ONC(=O)c1cc(Br)cc2c1[C@@H](O)CCO2. The average Bonchev–Trinajstić information content (AvgIpc) is 2.34. The summed E-state index contributed by atoms with van der Waals surface area (Å²) in [5, 5.41) is 10.0. The van der Waals surface area contributed by atoms with Gasteiger partial charge in [0.05, 0.1) is 24.4 Å². The molecule has 0 bridgehead atoms. The van der Waals surface area contributed by atoms with Gasteiger partial charge < -0.3 is 9.84 Å². The third-order valence-corrected chi connectivity index (χ3v) is 3.18. The van der Waals surface area contributed by atoms with Gasteiger partial charge in [-0.05, 0) is 26.0 Å². The summed E-state index contributed by atoms with van der Waals surface area (Å²) in [6.07, 6.45) is -0.343. The third kappa shape index (κ3) is 3.26. The quantitative estimate of drug-likeness (QED) is 0.835. The van der Waals surface area contributed by atoms with Crippen LogP contribution in [0.1, 0.15) is 42.3 Å². The zero-order chi connectivity index (χ0) is 14.0. The summed E-state index contributed by atoms with van der Waals surface area (Å²) in [7, 11) is 0. The van der Waals surface area contributed by atoms with Crippen LogP contribution in [-0.4, -0.2) is 23.7 Å². The number of nitrogens with one attached hydrogen (secondary N) is 1. The third-order valence-electron chi connectivity index (χ3n) is 2.72. The molecule has 1 amide bonds. The maximum Gasteiger partial charge on any atom is 0.275 e. The molecular weight excluding hydrogens is 314 g/mol. The van der Waals surface area contributed by atoms with Crippen molar-refractivity contribution >= 4 is 21.8 Å². The number of benzene rings is 1. The Morgan fingerprint density at radius 1 is 1.58 bits per heavy atom. The van der Waals surface area contributed by atoms with E-state index in [-0.39, 0.29) is 6.10 Å². The predicted octanol–water partition coefficient (Wildman–Crippen LogP) is 2.33. The van der Waals surface area contributed by atoms with Crippen LogP contribution in [0.15, 0.2) is 16.6 Å². The molecule has 1 atom stereocenters. The van der Waals surface area contributed by atoms with Crippen LogP contribution >= 0.6 is 15.9 Å². The van der Waals surface area contributed by atoms with E-state index in [0.717, 1.165) is 4.47 Å². The van der Waals surface area contributed by atoms with Crippen molar-refractivity contribution in [3.05, 3.63) is 27.7 Å². The Kier molecular flexibility index (Phi) is 4.44. The van der Waals surface area contributed by atoms with Gasteiger partial charge >= 0.3 is 0 Å². The Balaban J connectivity index is 2.33. The second kappa shape index (κ2) is 5.90. The first-order valence-corrected chi connectivity index (χ1v) is 6.88. The number of aliphatic hydroxyl groups is 1. The van der Waals surface area contributed by atoms with Gasteiger partial charge in [-0.15, -0.1) is 0 Å². The first kappa shape index (κ1) is 14.3. The molecule has 0 unspecified atom stereocenters. The monoisotopic (exact) mass is 329 g/mol. The average molecular weight is 330 g/mol. The molecule has 2 N–H and O–H groups in total. The summed E-state index contributed by atoms with van der Waals surface area (Å²) in [6.45, 7) is 4.07. The largest absolute Gasteiger partial charge is 0.493 e. The number of hydrogen-bond acceptors (Lipinski definition) is 4. The standard InChI is InChI=1S/C13H16BrNO4/c1-7(2)19-15-13(17)9-5-8(14)6-11-12(9)10(16)3-4-18-11/h5-7,10,16H,3-4H2,1-2H3,(H,15,17)/t10-/m0/s1. The van der Waals surface area contributed by atoms with Crippen LogP contribution in [0.4, 0.5) is 0 Å². The van der Waals surface area contributed by atoms with E-state index in [1.165, 1.54) is 0 Å². The molecule has 1 aromatic carbocycles. The lowest BCUT2D eigenvalue weighted by Gasteiger charge is -2.24. The second-order valence-electron chi connectivity index (χ2n) is 4.62. The highest BCUT2D eigenvalue weighted by Gasteiger charge is 2.26. The van der Waals surface area contributed by atoms with Gasteiger partial charge in [0, 0.05) is 16.5 Å². The number of carbonyl (C=O) groups excluding carboxylic acids is 1. The van der Waals surface area contributed by atoms with Crippen molar-refractivity contribution in [1.82, 2.24) is 5.48 Å². The molecule has 104 valence electrons. The number of amides is 1. The van der Waals surface area contributed by atoms with Crippen molar-refractivity contribution in [2.45, 2.75) is 32.5 Å². The van der Waals surface area contributed by atoms with Crippen LogP contribution in [0.2, 0.25) is 0 Å². The van der Waals surface area contributed by atoms with E-state index < -0.39 is 12.0 Å². The smallest absolute Gasteiger partial charge is 0.275 e. The summed E-state index contributed by atoms with van der Waals surface area (Å²) in [5.41, 5.74) is 3.24. The zero-order valence-corrected chi connectivity index (χ0v) is 12.4. The molecule has 0 saturated carbocycles. The highest BCUT2D eigenvalue weighted by Crippen LogP contribution is 2.37. The topological polar surface area (TPSA) is 67.8 Å². The minimum absolute atomic E-state index is 0.117. The van der Waals surface area contributed by atoms with Crippen LogP contribution in [-0.2, 0) is 4.84 Å². The molecule has 6 heteroatoms. The van der Waals surface area contributed by atoms with E-state index in [4.69, 9.17) is 9.57 Å². The van der Waals surface area contributed by atoms with Crippen LogP contribution in [0.5, 0.6) is 5.75 Å². The lowest BCUT2D eigenvalue weighted by Crippen LogP contribution is -2.29. The molecule has 19 heavy (non-hydrogen) atoms. The molecule has 1 aliphatic heterocycles. The molecule has 0 radical (unpaired) electrons. The van der Waals surface area contributed by atoms with Crippen LogP contribution in [0.25, 0.3) is 0 Å². The summed E-state index contributed by atoms with van der Waals surface area (Å²) >= 11 is 3.33. The fourth-order valence-electron chi connectivity index (χ4n) is 1.90. The van der Waals surface area contributed by atoms with Gasteiger partial charge in [0.1, 0.15) is 5.75 Å². The molecule has 5 nitrogen and oxygen atoms in total. The number of hydrogen-bond donors (Lipinski definition) is 2. The van der Waals surface area contributed by atoms with Gasteiger partial charge in [-0.3, -0.25) is 9.63 Å². The Hall–Kier alpha value is -1.11. The van der Waals surface area contributed by atoms with Gasteiger partial charge in [-0.2, -0.15) is 0 Å². The molecule has 0 saturated heterocycles. The fourth-order valence-corrected chi connectivity index (χ4v) is 2.33. The zero-order valence-electron chi connectivity index (χ0n) is 10.8. The van der Waals surface area contributed by atoms with Crippen molar-refractivity contribution in [3.63, 3.8) is 0 Å². The number of rotatable bonds is 3. The number of fused-ring (bicyclic) bond motifs is 1. The summed E-state index contributed by atoms with van der Waals surface area (Å²) < 4.78 is 6.20. The minimum atomic E-state index is -0.698. The molecule has 1 aliphatic rings. The molecule has 2 rings (SSSR count). The Morgan fingerprint density at radius 2 is 2.32 bits per heavy atom. The van der Waals surface area contributed by atoms with E-state index in [0.29, 0.717) is 29.9 Å².